The summed E-state index contributed by atoms with van der Waals surface area (Å²) in [5, 5.41) is 3.64. The van der Waals surface area contributed by atoms with Crippen molar-refractivity contribution in [1.82, 2.24) is 10.2 Å². The molecule has 1 atom stereocenters. The van der Waals surface area contributed by atoms with Gasteiger partial charge in [0.1, 0.15) is 0 Å². The summed E-state index contributed by atoms with van der Waals surface area (Å²) in [6, 6.07) is 11.7. The molecule has 126 valence electrons. The molecular weight excluding hydrogens is 322 g/mol. The van der Waals surface area contributed by atoms with Crippen molar-refractivity contribution in [2.75, 3.05) is 25.4 Å². The van der Waals surface area contributed by atoms with Gasteiger partial charge in [-0.3, -0.25) is 0 Å². The molecule has 3 saturated heterocycles. The molecule has 0 spiro atoms. The average molecular weight is 343 g/mol. The number of nitrogens with two attached hydrogens (primary N) is 1. The summed E-state index contributed by atoms with van der Waals surface area (Å²) in [4.78, 5) is 15.6. The van der Waals surface area contributed by atoms with E-state index in [0.717, 1.165) is 35.8 Å². The fourth-order valence-electron chi connectivity index (χ4n) is 3.62. The molecule has 1 aromatic carbocycles. The van der Waals surface area contributed by atoms with Crippen LogP contribution in [0.25, 0.3) is 10.4 Å². The Labute approximate surface area is 145 Å². The highest BCUT2D eigenvalue weighted by Crippen LogP contribution is 2.34. The van der Waals surface area contributed by atoms with Gasteiger partial charge in [-0.05, 0) is 61.7 Å². The van der Waals surface area contributed by atoms with Gasteiger partial charge in [-0.15, -0.1) is 0 Å². The van der Waals surface area contributed by atoms with Crippen LogP contribution in [0.5, 0.6) is 5.06 Å². The van der Waals surface area contributed by atoms with E-state index in [0.29, 0.717) is 11.0 Å². The van der Waals surface area contributed by atoms with Crippen molar-refractivity contribution in [2.24, 2.45) is 5.92 Å². The lowest BCUT2D eigenvalue weighted by molar-refractivity contribution is 0.0726. The maximum atomic E-state index is 12.2. The summed E-state index contributed by atoms with van der Waals surface area (Å²) in [7, 11) is 0. The number of hydrogen-bond donors (Lipinski definition) is 2. The first kappa shape index (κ1) is 15.5. The summed E-state index contributed by atoms with van der Waals surface area (Å²) in [5.74, 6) is 0.591. The van der Waals surface area contributed by atoms with Gasteiger partial charge in [0.05, 0.1) is 0 Å². The van der Waals surface area contributed by atoms with Gasteiger partial charge in [-0.1, -0.05) is 23.5 Å². The maximum Gasteiger partial charge on any atom is 0.413 e. The number of carbonyl (C=O) groups is 1. The van der Waals surface area contributed by atoms with Crippen LogP contribution in [0.15, 0.2) is 36.4 Å². The van der Waals surface area contributed by atoms with E-state index in [1.165, 1.54) is 24.2 Å². The third-order valence-corrected chi connectivity index (χ3v) is 5.92. The van der Waals surface area contributed by atoms with Crippen molar-refractivity contribution in [3.63, 3.8) is 0 Å². The Morgan fingerprint density at radius 2 is 2.08 bits per heavy atom. The van der Waals surface area contributed by atoms with Crippen LogP contribution >= 0.6 is 11.3 Å². The number of thiophene rings is 1. The number of fused-ring (bicyclic) bond motifs is 3. The monoisotopic (exact) mass is 343 g/mol. The number of nitrogens with one attached hydrogen (secondary N) is 1. The van der Waals surface area contributed by atoms with Crippen LogP contribution in [0.1, 0.15) is 12.8 Å². The fourth-order valence-corrected chi connectivity index (χ4v) is 4.47. The predicted molar refractivity (Wildman–Crippen MR) is 96.3 cm³/mol. The van der Waals surface area contributed by atoms with Gasteiger partial charge in [0, 0.05) is 23.2 Å². The zero-order chi connectivity index (χ0) is 16.5. The first-order valence-electron chi connectivity index (χ1n) is 8.34. The summed E-state index contributed by atoms with van der Waals surface area (Å²) in [6.07, 6.45) is 1.99. The number of hydrogen-bond acceptors (Lipinski definition) is 5. The van der Waals surface area contributed by atoms with E-state index in [1.54, 1.807) is 0 Å². The molecule has 0 unspecified atom stereocenters. The number of amides is 1. The summed E-state index contributed by atoms with van der Waals surface area (Å²) < 4.78 is 5.48. The molecule has 0 saturated carbocycles. The second kappa shape index (κ2) is 6.45. The summed E-state index contributed by atoms with van der Waals surface area (Å²) >= 11 is 1.45. The van der Waals surface area contributed by atoms with E-state index >= 15 is 0 Å². The number of rotatable bonds is 3. The number of nitrogen functional groups attached to an aromatic ring is 1. The number of piperidine rings is 3. The SMILES string of the molecule is Nc1cccc(-c2ccc(OC(=O)N[C@H]3CN4CCC3CC4)s2)c1. The number of carbonyl (C=O) groups excluding carboxylic acids is 1. The molecule has 1 aromatic heterocycles. The number of anilines is 1. The van der Waals surface area contributed by atoms with Crippen molar-refractivity contribution in [3.05, 3.63) is 36.4 Å². The van der Waals surface area contributed by atoms with Crippen LogP contribution < -0.4 is 15.8 Å². The molecule has 2 aromatic rings. The Bertz CT molecular complexity index is 737. The average Bonchev–Trinajstić information content (AvgIpc) is 3.04. The Morgan fingerprint density at radius 3 is 2.79 bits per heavy atom. The lowest BCUT2D eigenvalue weighted by Gasteiger charge is -2.44. The van der Waals surface area contributed by atoms with E-state index in [2.05, 4.69) is 10.2 Å². The first-order chi connectivity index (χ1) is 11.7. The molecule has 2 bridgehead atoms. The van der Waals surface area contributed by atoms with Gasteiger partial charge in [0.25, 0.3) is 0 Å². The van der Waals surface area contributed by atoms with Crippen molar-refractivity contribution in [2.45, 2.75) is 18.9 Å². The van der Waals surface area contributed by atoms with Crippen LogP contribution in [0.3, 0.4) is 0 Å². The molecule has 0 radical (unpaired) electrons. The van der Waals surface area contributed by atoms with E-state index in [9.17, 15) is 4.79 Å². The third-order valence-electron chi connectivity index (χ3n) is 4.91. The Morgan fingerprint density at radius 1 is 1.25 bits per heavy atom. The Balaban J connectivity index is 1.38. The molecule has 3 N–H and O–H groups in total. The lowest BCUT2D eigenvalue weighted by Crippen LogP contribution is -2.57. The van der Waals surface area contributed by atoms with Crippen LogP contribution in [0.2, 0.25) is 0 Å². The van der Waals surface area contributed by atoms with Crippen LogP contribution in [0, 0.1) is 5.92 Å². The lowest BCUT2D eigenvalue weighted by atomic mass is 9.84. The minimum Gasteiger partial charge on any atom is -0.399 e. The van der Waals surface area contributed by atoms with Gasteiger partial charge < -0.3 is 20.7 Å². The van der Waals surface area contributed by atoms with Crippen molar-refractivity contribution in [3.8, 4) is 15.5 Å². The molecule has 24 heavy (non-hydrogen) atoms. The zero-order valence-corrected chi connectivity index (χ0v) is 14.2. The standard InChI is InChI=1S/C18H21N3O2S/c19-14-3-1-2-13(10-14)16-4-5-17(24-16)23-18(22)20-15-11-21-8-6-12(15)7-9-21/h1-5,10,12,15H,6-9,11,19H2,(H,20,22)/t15-/m0/s1. The minimum atomic E-state index is -0.352. The maximum absolute atomic E-state index is 12.2. The molecular formula is C18H21N3O2S. The second-order valence-corrected chi connectivity index (χ2v) is 7.57. The first-order valence-corrected chi connectivity index (χ1v) is 9.15. The molecule has 4 heterocycles. The van der Waals surface area contributed by atoms with E-state index in [-0.39, 0.29) is 12.1 Å². The van der Waals surface area contributed by atoms with Gasteiger partial charge in [0.15, 0.2) is 5.06 Å². The van der Waals surface area contributed by atoms with Crippen molar-refractivity contribution >= 4 is 23.1 Å². The van der Waals surface area contributed by atoms with Gasteiger partial charge >= 0.3 is 6.09 Å². The molecule has 3 fully saturated rings. The fraction of sp³-hybridized carbons (Fsp3) is 0.389. The number of ether oxygens (including phenoxy) is 1. The van der Waals surface area contributed by atoms with Gasteiger partial charge in [-0.25, -0.2) is 4.79 Å². The highest BCUT2D eigenvalue weighted by atomic mass is 32.1. The van der Waals surface area contributed by atoms with Crippen LogP contribution in [-0.4, -0.2) is 36.7 Å². The van der Waals surface area contributed by atoms with Crippen molar-refractivity contribution in [1.29, 1.82) is 0 Å². The van der Waals surface area contributed by atoms with Gasteiger partial charge in [0.2, 0.25) is 0 Å². The smallest absolute Gasteiger partial charge is 0.399 e. The minimum absolute atomic E-state index is 0.216. The predicted octanol–water partition coefficient (Wildman–Crippen LogP) is 3.18. The highest BCUT2D eigenvalue weighted by Gasteiger charge is 2.35. The van der Waals surface area contributed by atoms with Gasteiger partial charge in [-0.2, -0.15) is 0 Å². The summed E-state index contributed by atoms with van der Waals surface area (Å²) in [6.45, 7) is 3.26. The highest BCUT2D eigenvalue weighted by molar-refractivity contribution is 7.17. The molecule has 3 aliphatic heterocycles. The molecule has 5 nitrogen and oxygen atoms in total. The Kier molecular flexibility index (Phi) is 4.16. The largest absolute Gasteiger partial charge is 0.413 e. The van der Waals surface area contributed by atoms with Crippen LogP contribution in [0.4, 0.5) is 10.5 Å². The second-order valence-electron chi connectivity index (χ2n) is 6.52. The normalized spacial score (nSPS) is 25.4. The molecule has 6 heteroatoms. The van der Waals surface area contributed by atoms with E-state index < -0.39 is 0 Å². The quantitative estimate of drug-likeness (QED) is 0.840. The van der Waals surface area contributed by atoms with E-state index in [1.807, 2.05) is 36.4 Å². The number of nitrogens with zero attached hydrogens (tertiary/aromatic N) is 1. The summed E-state index contributed by atoms with van der Waals surface area (Å²) in [5.41, 5.74) is 7.58. The molecule has 0 aliphatic carbocycles. The molecule has 5 rings (SSSR count). The third kappa shape index (κ3) is 3.25. The van der Waals surface area contributed by atoms with Crippen LogP contribution in [-0.2, 0) is 0 Å². The zero-order valence-electron chi connectivity index (χ0n) is 13.4. The number of benzene rings is 1. The van der Waals surface area contributed by atoms with Crippen molar-refractivity contribution < 1.29 is 9.53 Å². The van der Waals surface area contributed by atoms with E-state index in [4.69, 9.17) is 10.5 Å². The Hall–Kier alpha value is -2.05. The molecule has 1 amide bonds. The molecule has 3 aliphatic rings. The topological polar surface area (TPSA) is 67.6 Å².